The average molecular weight is 903 g/mol. The number of carbonyl (C=O) groups is 2. The van der Waals surface area contributed by atoms with Crippen molar-refractivity contribution in [3.63, 3.8) is 0 Å². The van der Waals surface area contributed by atoms with Gasteiger partial charge in [0.15, 0.2) is 0 Å². The van der Waals surface area contributed by atoms with Gasteiger partial charge in [-0.3, -0.25) is 0 Å². The van der Waals surface area contributed by atoms with Crippen LogP contribution in [0.5, 0.6) is 0 Å². The fourth-order valence-corrected chi connectivity index (χ4v) is 11.5. The lowest BCUT2D eigenvalue weighted by molar-refractivity contribution is -0.210. The van der Waals surface area contributed by atoms with E-state index in [4.69, 9.17) is 39.2 Å². The first kappa shape index (κ1) is 50.2. The first-order chi connectivity index (χ1) is 24.2. The molecule has 14 nitrogen and oxygen atoms in total. The van der Waals surface area contributed by atoms with Crippen LogP contribution in [0, 0.1) is 0 Å². The molecule has 0 unspecified atom stereocenters. The number of hydrogen-bond acceptors (Lipinski definition) is 23. The van der Waals surface area contributed by atoms with E-state index in [0.29, 0.717) is 65.9 Å². The first-order valence-electron chi connectivity index (χ1n) is 14.1. The van der Waals surface area contributed by atoms with Crippen LogP contribution in [0.3, 0.4) is 0 Å². The van der Waals surface area contributed by atoms with Crippen LogP contribution in [0.25, 0.3) is 0 Å². The fourth-order valence-electron chi connectivity index (χ4n) is 2.12. The maximum absolute atomic E-state index is 11.7. The van der Waals surface area contributed by atoms with Gasteiger partial charge < -0.3 is 40.1 Å². The number of nitrogens with one attached hydrogen (secondary N) is 2. The lowest BCUT2D eigenvalue weighted by Crippen LogP contribution is -2.24. The van der Waals surface area contributed by atoms with E-state index in [1.54, 1.807) is 118 Å². The minimum atomic E-state index is -0.420. The van der Waals surface area contributed by atoms with Crippen LogP contribution in [-0.4, -0.2) is 151 Å². The van der Waals surface area contributed by atoms with Crippen LogP contribution < -0.4 is 10.6 Å². The molecule has 0 fully saturated rings. The van der Waals surface area contributed by atoms with Crippen LogP contribution in [0.2, 0.25) is 0 Å². The Hall–Kier alpha value is 1.17. The van der Waals surface area contributed by atoms with Crippen LogP contribution in [-0.2, 0) is 29.0 Å². The number of aliphatic hydroxyl groups excluding tert-OH is 2. The van der Waals surface area contributed by atoms with Gasteiger partial charge in [0.1, 0.15) is 25.1 Å². The van der Waals surface area contributed by atoms with Crippen LogP contribution in [0.1, 0.15) is 0 Å². The molecule has 0 atom stereocenters. The van der Waals surface area contributed by atoms with Gasteiger partial charge in [-0.1, -0.05) is 0 Å². The monoisotopic (exact) mass is 902 g/mol. The Morgan fingerprint density at radius 2 is 1.02 bits per heavy atom. The molecule has 0 aromatic rings. The van der Waals surface area contributed by atoms with E-state index in [-0.39, 0.29) is 13.2 Å². The Kier molecular flexibility index (Phi) is 46.4. The highest BCUT2D eigenvalue weighted by Crippen LogP contribution is 2.19. The van der Waals surface area contributed by atoms with Gasteiger partial charge in [-0.25, -0.2) is 19.6 Å². The van der Waals surface area contributed by atoms with Crippen molar-refractivity contribution < 1.29 is 48.8 Å². The largest absolute Gasteiger partial charge is 0.449 e. The smallest absolute Gasteiger partial charge is 0.408 e. The normalized spacial score (nSPS) is 11.3. The molecule has 0 aromatic carbocycles. The van der Waals surface area contributed by atoms with Gasteiger partial charge in [-0.2, -0.15) is 33.3 Å². The molecule has 0 bridgehead atoms. The summed E-state index contributed by atoms with van der Waals surface area (Å²) in [7, 11) is 0. The SMILES string of the molecule is O=C(NCSCSCSC/N=C/OOCSCSCSCOC(=O)NCSCSCSC/N=C/OOCCSCCO)OCCSCCO. The first-order valence-corrected chi connectivity index (χ1v) is 26.8. The molecule has 0 radical (unpaired) electrons. The van der Waals surface area contributed by atoms with Gasteiger partial charge >= 0.3 is 12.2 Å². The molecule has 0 aromatic heterocycles. The summed E-state index contributed by atoms with van der Waals surface area (Å²) in [6, 6.07) is 0. The molecule has 0 saturated heterocycles. The number of aliphatic hydroxyl groups is 2. The van der Waals surface area contributed by atoms with Crippen LogP contribution in [0.4, 0.5) is 9.59 Å². The molecule has 0 heterocycles. The molecule has 49 heavy (non-hydrogen) atoms. The van der Waals surface area contributed by atoms with E-state index >= 15 is 0 Å². The van der Waals surface area contributed by atoms with Crippen molar-refractivity contribution in [2.24, 2.45) is 9.98 Å². The summed E-state index contributed by atoms with van der Waals surface area (Å²) >= 11 is 17.9. The van der Waals surface area contributed by atoms with Gasteiger partial charge in [0.25, 0.3) is 0 Å². The predicted molar refractivity (Wildman–Crippen MR) is 226 cm³/mol. The molecule has 0 aliphatic rings. The maximum atomic E-state index is 11.7. The zero-order valence-corrected chi connectivity index (χ0v) is 35.8. The molecule has 288 valence electrons. The Balaban J connectivity index is 3.26. The maximum Gasteiger partial charge on any atom is 0.408 e. The zero-order chi connectivity index (χ0) is 35.6. The standard InChI is InChI=1S/C24H46N4O10S11/c29-1-5-39-7-3-33-23(31)27-13-43-19-47-18-42-12-26-10-37-38-16-46-22-49-21-45-15-34-24(32)28-14-44-20-48-17-41-11-25-9-36-35-4-8-40-6-2-30/h9-10,29-30H,1-8,11-22H2,(H,27,31)(H,28,32)/b25-9+,26-10+. The molecule has 0 saturated carbocycles. The highest BCUT2D eigenvalue weighted by molar-refractivity contribution is 8.23. The lowest BCUT2D eigenvalue weighted by atomic mass is 10.8. The minimum absolute atomic E-state index is 0.131. The molecule has 25 heteroatoms. The third kappa shape index (κ3) is 45.3. The number of carbonyl (C=O) groups excluding carboxylic acids is 2. The van der Waals surface area contributed by atoms with Crippen molar-refractivity contribution in [1.82, 2.24) is 10.6 Å². The van der Waals surface area contributed by atoms with Crippen molar-refractivity contribution >= 4 is 154 Å². The Labute approximate surface area is 336 Å². The molecule has 0 rings (SSSR count). The summed E-state index contributed by atoms with van der Waals surface area (Å²) in [5.74, 6) is 5.59. The summed E-state index contributed by atoms with van der Waals surface area (Å²) in [6.45, 7) is 1.08. The van der Waals surface area contributed by atoms with Gasteiger partial charge in [-0.05, 0) is 0 Å². The van der Waals surface area contributed by atoms with E-state index < -0.39 is 12.2 Å². The lowest BCUT2D eigenvalue weighted by Gasteiger charge is -2.06. The average Bonchev–Trinajstić information content (AvgIpc) is 3.10. The summed E-state index contributed by atoms with van der Waals surface area (Å²) in [5.41, 5.74) is 0. The van der Waals surface area contributed by atoms with Crippen molar-refractivity contribution in [2.45, 2.75) is 0 Å². The van der Waals surface area contributed by atoms with E-state index in [1.807, 2.05) is 0 Å². The fraction of sp³-hybridized carbons (Fsp3) is 0.833. The van der Waals surface area contributed by atoms with E-state index in [1.165, 1.54) is 24.6 Å². The second-order valence-corrected chi connectivity index (χ2v) is 21.0. The Morgan fingerprint density at radius 3 is 1.61 bits per heavy atom. The van der Waals surface area contributed by atoms with Crippen molar-refractivity contribution in [1.29, 1.82) is 0 Å². The number of hydrogen-bond donors (Lipinski definition) is 4. The zero-order valence-electron chi connectivity index (χ0n) is 26.8. The summed E-state index contributed by atoms with van der Waals surface area (Å²) < 4.78 is 10.2. The molecular formula is C24H46N4O10S11. The predicted octanol–water partition coefficient (Wildman–Crippen LogP) is 5.93. The highest BCUT2D eigenvalue weighted by atomic mass is 32.2. The van der Waals surface area contributed by atoms with Crippen LogP contribution in [0.15, 0.2) is 9.98 Å². The topological polar surface area (TPSA) is 179 Å². The summed E-state index contributed by atoms with van der Waals surface area (Å²) in [5, 5.41) is 27.8. The quantitative estimate of drug-likeness (QED) is 0.0143. The summed E-state index contributed by atoms with van der Waals surface area (Å²) in [4.78, 5) is 51.2. The molecule has 2 amide bonds. The Bertz CT molecular complexity index is 793. The van der Waals surface area contributed by atoms with Gasteiger partial charge in [0.2, 0.25) is 12.8 Å². The van der Waals surface area contributed by atoms with E-state index in [9.17, 15) is 9.59 Å². The number of rotatable bonds is 38. The molecule has 0 aliphatic carbocycles. The number of thioether (sulfide) groups is 11. The van der Waals surface area contributed by atoms with Gasteiger partial charge in [-0.15, -0.1) is 106 Å². The third-order valence-electron chi connectivity index (χ3n) is 3.99. The van der Waals surface area contributed by atoms with E-state index in [0.717, 1.165) is 36.3 Å². The minimum Gasteiger partial charge on any atom is -0.449 e. The number of aliphatic imine (C=N–C) groups is 2. The van der Waals surface area contributed by atoms with Gasteiger partial charge in [0.05, 0.1) is 36.7 Å². The number of nitrogens with zero attached hydrogens (tertiary/aromatic N) is 2. The highest BCUT2D eigenvalue weighted by Gasteiger charge is 2.02. The Morgan fingerprint density at radius 1 is 0.531 bits per heavy atom. The summed E-state index contributed by atoms with van der Waals surface area (Å²) in [6.07, 6.45) is 1.75. The van der Waals surface area contributed by atoms with Crippen LogP contribution >= 0.6 is 129 Å². The number of alkyl carbamates (subject to hydrolysis) is 2. The third-order valence-corrected chi connectivity index (χ3v) is 15.7. The van der Waals surface area contributed by atoms with Crippen molar-refractivity contribution in [3.8, 4) is 0 Å². The number of amides is 2. The molecule has 4 N–H and O–H groups in total. The van der Waals surface area contributed by atoms with Gasteiger partial charge in [0, 0.05) is 53.5 Å². The molecular weight excluding hydrogens is 857 g/mol. The van der Waals surface area contributed by atoms with Crippen molar-refractivity contribution in [2.75, 3.05) is 115 Å². The molecule has 0 spiro atoms. The second kappa shape index (κ2) is 45.3. The van der Waals surface area contributed by atoms with Crippen molar-refractivity contribution in [3.05, 3.63) is 0 Å². The second-order valence-electron chi connectivity index (χ2n) is 7.63. The number of ether oxygens (including phenoxy) is 2. The van der Waals surface area contributed by atoms with E-state index in [2.05, 4.69) is 20.6 Å². The molecule has 0 aliphatic heterocycles.